The van der Waals surface area contributed by atoms with E-state index in [0.717, 1.165) is 17.1 Å². The van der Waals surface area contributed by atoms with E-state index in [1.54, 1.807) is 28.1 Å². The Morgan fingerprint density at radius 2 is 2.13 bits per heavy atom. The molecule has 1 aromatic carbocycles. The van der Waals surface area contributed by atoms with Gasteiger partial charge in [-0.3, -0.25) is 4.79 Å². The number of ether oxygens (including phenoxy) is 2. The van der Waals surface area contributed by atoms with Crippen LogP contribution in [0.25, 0.3) is 0 Å². The summed E-state index contributed by atoms with van der Waals surface area (Å²) in [5, 5.41) is 6.55. The average Bonchev–Trinajstić information content (AvgIpc) is 2.99. The van der Waals surface area contributed by atoms with Crippen LogP contribution in [0.1, 0.15) is 36.7 Å². The molecule has 23 heavy (non-hydrogen) atoms. The number of rotatable bonds is 7. The first-order chi connectivity index (χ1) is 11.0. The first-order valence-electron chi connectivity index (χ1n) is 7.34. The van der Waals surface area contributed by atoms with Crippen molar-refractivity contribution < 1.29 is 18.8 Å². The number of hydrogen-bond acceptors (Lipinski definition) is 6. The van der Waals surface area contributed by atoms with Gasteiger partial charge >= 0.3 is 0 Å². The van der Waals surface area contributed by atoms with E-state index >= 15 is 0 Å². The van der Waals surface area contributed by atoms with E-state index in [1.807, 2.05) is 18.2 Å². The number of hydrogen-bond donors (Lipinski definition) is 1. The van der Waals surface area contributed by atoms with Crippen molar-refractivity contribution in [3.05, 3.63) is 35.5 Å². The Morgan fingerprint density at radius 1 is 1.35 bits per heavy atom. The van der Waals surface area contributed by atoms with Gasteiger partial charge in [-0.15, -0.1) is 0 Å². The molecule has 0 saturated carbocycles. The van der Waals surface area contributed by atoms with Gasteiger partial charge in [0.1, 0.15) is 17.5 Å². The van der Waals surface area contributed by atoms with Crippen molar-refractivity contribution in [1.82, 2.24) is 15.5 Å². The van der Waals surface area contributed by atoms with Crippen LogP contribution in [-0.4, -0.2) is 30.3 Å². The van der Waals surface area contributed by atoms with Gasteiger partial charge in [0.25, 0.3) is 0 Å². The number of benzene rings is 1. The van der Waals surface area contributed by atoms with E-state index in [4.69, 9.17) is 14.0 Å². The van der Waals surface area contributed by atoms with Crippen molar-refractivity contribution in [3.8, 4) is 11.5 Å². The third kappa shape index (κ3) is 4.45. The van der Waals surface area contributed by atoms with Crippen LogP contribution < -0.4 is 14.8 Å². The fourth-order valence-corrected chi connectivity index (χ4v) is 2.19. The lowest BCUT2D eigenvalue weighted by molar-refractivity contribution is -0.121. The summed E-state index contributed by atoms with van der Waals surface area (Å²) in [5.74, 6) is 2.31. The molecule has 0 radical (unpaired) electrons. The van der Waals surface area contributed by atoms with Gasteiger partial charge in [0.2, 0.25) is 11.8 Å². The molecule has 0 aliphatic rings. The smallest absolute Gasteiger partial charge is 0.248 e. The first kappa shape index (κ1) is 16.8. The summed E-state index contributed by atoms with van der Waals surface area (Å²) in [7, 11) is 3.21. The van der Waals surface area contributed by atoms with Crippen LogP contribution >= 0.6 is 0 Å². The van der Waals surface area contributed by atoms with Crippen molar-refractivity contribution in [1.29, 1.82) is 0 Å². The molecule has 7 nitrogen and oxygen atoms in total. The van der Waals surface area contributed by atoms with E-state index in [2.05, 4.69) is 15.5 Å². The summed E-state index contributed by atoms with van der Waals surface area (Å²) in [6.07, 6.45) is 0.864. The highest BCUT2D eigenvalue weighted by Crippen LogP contribution is 2.25. The molecular formula is C16H21N3O4. The van der Waals surface area contributed by atoms with Gasteiger partial charge in [0.15, 0.2) is 5.82 Å². The lowest BCUT2D eigenvalue weighted by Crippen LogP contribution is -2.27. The Labute approximate surface area is 135 Å². The average molecular weight is 319 g/mol. The highest BCUT2D eigenvalue weighted by molar-refractivity contribution is 5.76. The van der Waals surface area contributed by atoms with Gasteiger partial charge in [-0.05, 0) is 44.0 Å². The van der Waals surface area contributed by atoms with Crippen molar-refractivity contribution in [2.75, 3.05) is 14.2 Å². The zero-order chi connectivity index (χ0) is 16.8. The zero-order valence-electron chi connectivity index (χ0n) is 13.8. The Morgan fingerprint density at radius 3 is 2.74 bits per heavy atom. The van der Waals surface area contributed by atoms with Gasteiger partial charge in [-0.25, -0.2) is 0 Å². The van der Waals surface area contributed by atoms with E-state index in [1.165, 1.54) is 0 Å². The maximum Gasteiger partial charge on any atom is 0.248 e. The lowest BCUT2D eigenvalue weighted by Gasteiger charge is -2.12. The van der Waals surface area contributed by atoms with Crippen LogP contribution in [0, 0.1) is 6.92 Å². The number of aryl methyl sites for hydroxylation is 2. The van der Waals surface area contributed by atoms with Crippen LogP contribution in [0.15, 0.2) is 22.7 Å². The Bertz CT molecular complexity index is 669. The van der Waals surface area contributed by atoms with Crippen LogP contribution in [0.4, 0.5) is 0 Å². The number of aromatic nitrogens is 2. The van der Waals surface area contributed by atoms with Gasteiger partial charge < -0.3 is 19.3 Å². The van der Waals surface area contributed by atoms with Crippen LogP contribution in [0.3, 0.4) is 0 Å². The number of methoxy groups -OCH3 is 2. The maximum absolute atomic E-state index is 12.1. The first-order valence-corrected chi connectivity index (χ1v) is 7.34. The topological polar surface area (TPSA) is 86.5 Å². The summed E-state index contributed by atoms with van der Waals surface area (Å²) < 4.78 is 15.6. The molecule has 2 aromatic rings. The quantitative estimate of drug-likeness (QED) is 0.842. The molecule has 0 aliphatic carbocycles. The Hall–Kier alpha value is -2.57. The monoisotopic (exact) mass is 319 g/mol. The molecule has 1 amide bonds. The van der Waals surface area contributed by atoms with Crippen LogP contribution in [-0.2, 0) is 11.2 Å². The van der Waals surface area contributed by atoms with Gasteiger partial charge in [-0.1, -0.05) is 5.16 Å². The molecular weight excluding hydrogens is 298 g/mol. The van der Waals surface area contributed by atoms with Crippen molar-refractivity contribution in [2.45, 2.75) is 32.7 Å². The van der Waals surface area contributed by atoms with E-state index in [9.17, 15) is 4.79 Å². The van der Waals surface area contributed by atoms with Gasteiger partial charge in [-0.2, -0.15) is 4.98 Å². The predicted octanol–water partition coefficient (Wildman–Crippen LogP) is 2.21. The third-order valence-corrected chi connectivity index (χ3v) is 3.40. The van der Waals surface area contributed by atoms with Crippen molar-refractivity contribution >= 4 is 5.91 Å². The minimum Gasteiger partial charge on any atom is -0.497 e. The molecule has 0 aliphatic heterocycles. The molecule has 0 fully saturated rings. The molecule has 0 saturated heterocycles. The van der Waals surface area contributed by atoms with Crippen molar-refractivity contribution in [2.24, 2.45) is 0 Å². The molecule has 1 atom stereocenters. The highest BCUT2D eigenvalue weighted by Gasteiger charge is 2.16. The molecule has 0 spiro atoms. The number of nitrogens with one attached hydrogen (secondary N) is 1. The summed E-state index contributed by atoms with van der Waals surface area (Å²) in [4.78, 5) is 16.2. The molecule has 124 valence electrons. The fraction of sp³-hybridized carbons (Fsp3) is 0.438. The van der Waals surface area contributed by atoms with E-state index in [-0.39, 0.29) is 11.9 Å². The summed E-state index contributed by atoms with van der Waals surface area (Å²) in [6.45, 7) is 3.54. The molecule has 0 bridgehead atoms. The minimum absolute atomic E-state index is 0.0989. The third-order valence-electron chi connectivity index (χ3n) is 3.40. The highest BCUT2D eigenvalue weighted by atomic mass is 16.5. The zero-order valence-corrected chi connectivity index (χ0v) is 13.8. The Balaban J connectivity index is 1.93. The molecule has 1 heterocycles. The summed E-state index contributed by atoms with van der Waals surface area (Å²) in [5.41, 5.74) is 0.920. The minimum atomic E-state index is -0.323. The Kier molecular flexibility index (Phi) is 5.56. The largest absolute Gasteiger partial charge is 0.497 e. The number of carbonyl (C=O) groups is 1. The SMILES string of the molecule is COc1ccc(OC)c(CCC(=O)NC(C)c2nc(C)no2)c1. The normalized spacial score (nSPS) is 11.8. The van der Waals surface area contributed by atoms with Gasteiger partial charge in [0, 0.05) is 6.42 Å². The maximum atomic E-state index is 12.1. The standard InChI is InChI=1S/C16H21N3O4/c1-10(16-18-11(2)19-23-16)17-15(20)8-5-12-9-13(21-3)6-7-14(12)22-4/h6-7,9-10H,5,8H2,1-4H3,(H,17,20). The second-order valence-electron chi connectivity index (χ2n) is 5.15. The number of carbonyl (C=O) groups excluding carboxylic acids is 1. The summed E-state index contributed by atoms with van der Waals surface area (Å²) in [6, 6.07) is 5.20. The van der Waals surface area contributed by atoms with E-state index < -0.39 is 0 Å². The molecule has 7 heteroatoms. The van der Waals surface area contributed by atoms with E-state index in [0.29, 0.717) is 24.6 Å². The lowest BCUT2D eigenvalue weighted by atomic mass is 10.1. The molecule has 2 rings (SSSR count). The molecule has 1 unspecified atom stereocenters. The summed E-state index contributed by atoms with van der Waals surface area (Å²) >= 11 is 0. The van der Waals surface area contributed by atoms with Gasteiger partial charge in [0.05, 0.1) is 14.2 Å². The fourth-order valence-electron chi connectivity index (χ4n) is 2.19. The van der Waals surface area contributed by atoms with Crippen LogP contribution in [0.5, 0.6) is 11.5 Å². The second kappa shape index (κ2) is 7.62. The predicted molar refractivity (Wildman–Crippen MR) is 83.5 cm³/mol. The molecule has 1 N–H and O–H groups in total. The number of nitrogens with zero attached hydrogens (tertiary/aromatic N) is 2. The van der Waals surface area contributed by atoms with Crippen LogP contribution in [0.2, 0.25) is 0 Å². The van der Waals surface area contributed by atoms with Crippen molar-refractivity contribution in [3.63, 3.8) is 0 Å². The second-order valence-corrected chi connectivity index (χ2v) is 5.15. The number of amides is 1. The molecule has 1 aromatic heterocycles.